The number of hydrogen-bond donors (Lipinski definition) is 8. The number of guanidine groups is 1. The molecule has 34 heavy (non-hydrogen) atoms. The number of nitrogens with zero attached hydrogens (tertiary/aromatic N) is 1. The number of aliphatic imine (C=N–C) groups is 1. The van der Waals surface area contributed by atoms with Gasteiger partial charge in [-0.1, -0.05) is 64.7 Å². The quantitative estimate of drug-likeness (QED) is 0.0468. The third-order valence-electron chi connectivity index (χ3n) is 5.71. The van der Waals surface area contributed by atoms with Crippen molar-refractivity contribution in [3.63, 3.8) is 0 Å². The van der Waals surface area contributed by atoms with E-state index < -0.39 is 0 Å². The van der Waals surface area contributed by atoms with Gasteiger partial charge in [-0.2, -0.15) is 0 Å². The van der Waals surface area contributed by atoms with Crippen LogP contribution in [0.15, 0.2) is 4.99 Å². The molecule has 0 saturated carbocycles. The number of nitrogens with one attached hydrogen (secondary N) is 6. The largest absolute Gasteiger partial charge is 0.370 e. The predicted molar refractivity (Wildman–Crippen MR) is 149 cm³/mol. The highest BCUT2D eigenvalue weighted by Gasteiger charge is 1.97. The Labute approximate surface area is 210 Å². The molecule has 0 fully saturated rings. The molecule has 0 aromatic heterocycles. The van der Waals surface area contributed by atoms with Crippen LogP contribution < -0.4 is 43.4 Å². The van der Waals surface area contributed by atoms with Crippen molar-refractivity contribution < 1.29 is 0 Å². The summed E-state index contributed by atoms with van der Waals surface area (Å²) in [5.41, 5.74) is 10.7. The number of nitrogens with two attached hydrogens (primary N) is 2. The zero-order chi connectivity index (χ0) is 25.0. The molecule has 0 aromatic carbocycles. The predicted octanol–water partition coefficient (Wildman–Crippen LogP) is 1.06. The van der Waals surface area contributed by atoms with Crippen LogP contribution in [0.4, 0.5) is 0 Å². The fourth-order valence-corrected chi connectivity index (χ4v) is 3.71. The average Bonchev–Trinajstić information content (AvgIpc) is 2.81. The first kappa shape index (κ1) is 33.0. The summed E-state index contributed by atoms with van der Waals surface area (Å²) in [4.78, 5) is 4.02. The van der Waals surface area contributed by atoms with Crippen molar-refractivity contribution in [3.8, 4) is 0 Å². The molecule has 0 aliphatic carbocycles. The van der Waals surface area contributed by atoms with Gasteiger partial charge in [0.1, 0.15) is 6.17 Å². The zero-order valence-corrected chi connectivity index (χ0v) is 22.5. The fourth-order valence-electron chi connectivity index (χ4n) is 3.71. The second-order valence-electron chi connectivity index (χ2n) is 9.12. The van der Waals surface area contributed by atoms with Crippen molar-refractivity contribution >= 4 is 5.96 Å². The van der Waals surface area contributed by atoms with Crippen LogP contribution in [0.3, 0.4) is 0 Å². The first-order valence-corrected chi connectivity index (χ1v) is 14.0. The lowest BCUT2D eigenvalue weighted by Crippen LogP contribution is -2.38. The minimum Gasteiger partial charge on any atom is -0.370 e. The molecule has 0 saturated heterocycles. The second kappa shape index (κ2) is 28.3. The van der Waals surface area contributed by atoms with Gasteiger partial charge in [0.2, 0.25) is 0 Å². The van der Waals surface area contributed by atoms with E-state index in [2.05, 4.69) is 43.8 Å². The van der Waals surface area contributed by atoms with Gasteiger partial charge < -0.3 is 38.1 Å². The van der Waals surface area contributed by atoms with E-state index in [9.17, 15) is 0 Å². The van der Waals surface area contributed by atoms with Gasteiger partial charge in [-0.3, -0.25) is 5.32 Å². The molecule has 0 aliphatic heterocycles. The molecule has 0 heterocycles. The molecule has 9 heteroatoms. The third-order valence-corrected chi connectivity index (χ3v) is 5.71. The lowest BCUT2D eigenvalue weighted by molar-refractivity contribution is 0.526. The zero-order valence-electron chi connectivity index (χ0n) is 22.5. The molecular formula is C25H59N9. The van der Waals surface area contributed by atoms with Crippen LogP contribution in [0.1, 0.15) is 78.1 Å². The summed E-state index contributed by atoms with van der Waals surface area (Å²) in [6.45, 7) is 15.1. The van der Waals surface area contributed by atoms with Gasteiger partial charge in [-0.15, -0.1) is 0 Å². The molecule has 0 aliphatic rings. The molecule has 9 nitrogen and oxygen atoms in total. The highest BCUT2D eigenvalue weighted by atomic mass is 15.1. The van der Waals surface area contributed by atoms with Crippen molar-refractivity contribution in [1.29, 1.82) is 0 Å². The van der Waals surface area contributed by atoms with Gasteiger partial charge in [0.25, 0.3) is 0 Å². The molecule has 0 radical (unpaired) electrons. The van der Waals surface area contributed by atoms with E-state index in [1.54, 1.807) is 0 Å². The molecule has 1 unspecified atom stereocenters. The monoisotopic (exact) mass is 485 g/mol. The van der Waals surface area contributed by atoms with Gasteiger partial charge in [0.15, 0.2) is 5.96 Å². The lowest BCUT2D eigenvalue weighted by Gasteiger charge is -2.11. The summed E-state index contributed by atoms with van der Waals surface area (Å²) in [5, 5.41) is 20.6. The van der Waals surface area contributed by atoms with E-state index in [1.165, 1.54) is 64.2 Å². The Hall–Kier alpha value is -0.970. The number of unbranched alkanes of at least 4 members (excludes halogenated alkanes) is 9. The Morgan fingerprint density at radius 3 is 1.29 bits per heavy atom. The summed E-state index contributed by atoms with van der Waals surface area (Å²) in [6, 6.07) is 0. The molecule has 0 spiro atoms. The minimum atomic E-state index is -0.0453. The van der Waals surface area contributed by atoms with E-state index in [1.807, 2.05) is 6.92 Å². The van der Waals surface area contributed by atoms with Crippen LogP contribution in [0.5, 0.6) is 0 Å². The van der Waals surface area contributed by atoms with Crippen molar-refractivity contribution in [3.05, 3.63) is 0 Å². The van der Waals surface area contributed by atoms with E-state index in [4.69, 9.17) is 11.5 Å². The summed E-state index contributed by atoms with van der Waals surface area (Å²) in [5.74, 6) is 0.119. The van der Waals surface area contributed by atoms with Crippen LogP contribution >= 0.6 is 0 Å². The Balaban J connectivity index is 3.07. The average molecular weight is 486 g/mol. The lowest BCUT2D eigenvalue weighted by atomic mass is 10.1. The molecule has 10 N–H and O–H groups in total. The van der Waals surface area contributed by atoms with Gasteiger partial charge in [0, 0.05) is 65.4 Å². The minimum absolute atomic E-state index is 0.0453. The normalized spacial score (nSPS) is 12.2. The van der Waals surface area contributed by atoms with E-state index in [0.717, 1.165) is 72.0 Å². The molecular weight excluding hydrogens is 426 g/mol. The van der Waals surface area contributed by atoms with Crippen molar-refractivity contribution in [2.45, 2.75) is 84.2 Å². The van der Waals surface area contributed by atoms with Crippen LogP contribution in [0, 0.1) is 0 Å². The van der Waals surface area contributed by atoms with E-state index >= 15 is 0 Å². The van der Waals surface area contributed by atoms with Gasteiger partial charge in [-0.05, 0) is 19.9 Å². The molecule has 0 bridgehead atoms. The highest BCUT2D eigenvalue weighted by molar-refractivity contribution is 5.75. The molecule has 0 amide bonds. The second-order valence-corrected chi connectivity index (χ2v) is 9.12. The third kappa shape index (κ3) is 29.1. The smallest absolute Gasteiger partial charge is 0.187 e. The van der Waals surface area contributed by atoms with Crippen LogP contribution in [-0.4, -0.2) is 84.1 Å². The standard InChI is InChI=1S/C25H59N9/c1-3-4-5-6-7-8-9-10-11-12-13-28-14-15-29-16-17-30-18-19-31-20-21-32-22-23-33-24(2)34-25(26)27/h24,28-33H,3-23H2,1-2H3,(H4,26,27,34). The summed E-state index contributed by atoms with van der Waals surface area (Å²) in [7, 11) is 0. The molecule has 1 atom stereocenters. The fraction of sp³-hybridized carbons (Fsp3) is 0.960. The van der Waals surface area contributed by atoms with Crippen LogP contribution in [-0.2, 0) is 0 Å². The van der Waals surface area contributed by atoms with E-state index in [-0.39, 0.29) is 12.1 Å². The van der Waals surface area contributed by atoms with Crippen molar-refractivity contribution in [1.82, 2.24) is 31.9 Å². The molecule has 204 valence electrons. The Kier molecular flexibility index (Phi) is 27.5. The SMILES string of the molecule is CCCCCCCCCCCCNCCNCCNCCNCCNCCNC(C)N=C(N)N. The summed E-state index contributed by atoms with van der Waals surface area (Å²) in [6.07, 6.45) is 14.0. The van der Waals surface area contributed by atoms with Crippen molar-refractivity contribution in [2.75, 3.05) is 72.0 Å². The highest BCUT2D eigenvalue weighted by Crippen LogP contribution is 2.10. The first-order chi connectivity index (χ1) is 16.7. The first-order valence-electron chi connectivity index (χ1n) is 14.0. The van der Waals surface area contributed by atoms with E-state index in [0.29, 0.717) is 0 Å². The van der Waals surface area contributed by atoms with Gasteiger partial charge in [0.05, 0.1) is 0 Å². The topological polar surface area (TPSA) is 137 Å². The van der Waals surface area contributed by atoms with Crippen LogP contribution in [0.2, 0.25) is 0 Å². The maximum atomic E-state index is 5.34. The molecule has 0 rings (SSSR count). The Bertz CT molecular complexity index is 417. The summed E-state index contributed by atoms with van der Waals surface area (Å²) < 4.78 is 0. The maximum Gasteiger partial charge on any atom is 0.187 e. The van der Waals surface area contributed by atoms with Crippen LogP contribution in [0.25, 0.3) is 0 Å². The number of hydrogen-bond acceptors (Lipinski definition) is 7. The van der Waals surface area contributed by atoms with Gasteiger partial charge >= 0.3 is 0 Å². The van der Waals surface area contributed by atoms with Gasteiger partial charge in [-0.25, -0.2) is 4.99 Å². The Morgan fingerprint density at radius 2 is 0.882 bits per heavy atom. The number of rotatable bonds is 28. The van der Waals surface area contributed by atoms with Crippen molar-refractivity contribution in [2.24, 2.45) is 16.5 Å². The Morgan fingerprint density at radius 1 is 0.529 bits per heavy atom. The maximum absolute atomic E-state index is 5.34. The summed E-state index contributed by atoms with van der Waals surface area (Å²) >= 11 is 0. The molecule has 0 aromatic rings.